The molecule has 1 aromatic rings. The molecule has 0 radical (unpaired) electrons. The van der Waals surface area contributed by atoms with Gasteiger partial charge in [-0.3, -0.25) is 0 Å². The summed E-state index contributed by atoms with van der Waals surface area (Å²) in [5, 5.41) is 9.07. The number of aliphatic hydroxyl groups is 1. The standard InChI is InChI=1S/C13H22N2O2/c1-3-15-6-4-5-11(15)7-13-14-8-12(17-13)10(2)9-16/h8,10-11,16H,3-7,9H2,1-2H3. The fourth-order valence-electron chi connectivity index (χ4n) is 2.48. The Morgan fingerprint density at radius 1 is 1.65 bits per heavy atom. The van der Waals surface area contributed by atoms with E-state index in [0.717, 1.165) is 24.6 Å². The van der Waals surface area contributed by atoms with E-state index in [1.807, 2.05) is 6.92 Å². The summed E-state index contributed by atoms with van der Waals surface area (Å²) in [6, 6.07) is 0.580. The van der Waals surface area contributed by atoms with Gasteiger partial charge in [0.25, 0.3) is 0 Å². The number of aromatic nitrogens is 1. The zero-order valence-electron chi connectivity index (χ0n) is 10.7. The molecule has 0 aromatic carbocycles. The topological polar surface area (TPSA) is 49.5 Å². The van der Waals surface area contributed by atoms with Crippen LogP contribution in [0, 0.1) is 0 Å². The molecule has 0 saturated carbocycles. The van der Waals surface area contributed by atoms with Gasteiger partial charge in [0.1, 0.15) is 5.76 Å². The SMILES string of the molecule is CCN1CCCC1Cc1ncc(C(C)CO)o1. The number of rotatable bonds is 5. The summed E-state index contributed by atoms with van der Waals surface area (Å²) >= 11 is 0. The van der Waals surface area contributed by atoms with E-state index < -0.39 is 0 Å². The summed E-state index contributed by atoms with van der Waals surface area (Å²) < 4.78 is 5.69. The molecule has 1 aliphatic rings. The Balaban J connectivity index is 1.96. The predicted molar refractivity (Wildman–Crippen MR) is 66.0 cm³/mol. The van der Waals surface area contributed by atoms with Gasteiger partial charge in [-0.1, -0.05) is 13.8 Å². The van der Waals surface area contributed by atoms with Crippen LogP contribution in [0.5, 0.6) is 0 Å². The van der Waals surface area contributed by atoms with Gasteiger partial charge in [-0.25, -0.2) is 4.98 Å². The maximum atomic E-state index is 9.07. The average Bonchev–Trinajstić information content (AvgIpc) is 2.97. The molecule has 0 spiro atoms. The average molecular weight is 238 g/mol. The lowest BCUT2D eigenvalue weighted by Gasteiger charge is -2.21. The van der Waals surface area contributed by atoms with Crippen molar-refractivity contribution in [3.05, 3.63) is 17.8 Å². The zero-order chi connectivity index (χ0) is 12.3. The van der Waals surface area contributed by atoms with Crippen LogP contribution < -0.4 is 0 Å². The first-order chi connectivity index (χ1) is 8.24. The van der Waals surface area contributed by atoms with Crippen molar-refractivity contribution >= 4 is 0 Å². The van der Waals surface area contributed by atoms with Crippen molar-refractivity contribution in [2.24, 2.45) is 0 Å². The van der Waals surface area contributed by atoms with E-state index in [-0.39, 0.29) is 12.5 Å². The molecule has 0 aliphatic carbocycles. The van der Waals surface area contributed by atoms with Crippen molar-refractivity contribution in [1.82, 2.24) is 9.88 Å². The third-order valence-corrected chi connectivity index (χ3v) is 3.65. The quantitative estimate of drug-likeness (QED) is 0.849. The van der Waals surface area contributed by atoms with E-state index in [9.17, 15) is 0 Å². The van der Waals surface area contributed by atoms with Gasteiger partial charge in [-0.2, -0.15) is 0 Å². The Bertz CT molecular complexity index is 351. The molecule has 1 aromatic heterocycles. The second-order valence-corrected chi connectivity index (χ2v) is 4.87. The predicted octanol–water partition coefficient (Wildman–Crippen LogP) is 1.80. The lowest BCUT2D eigenvalue weighted by molar-refractivity contribution is 0.241. The highest BCUT2D eigenvalue weighted by Gasteiger charge is 2.25. The Kier molecular flexibility index (Phi) is 4.18. The number of hydrogen-bond acceptors (Lipinski definition) is 4. The van der Waals surface area contributed by atoms with Crippen molar-refractivity contribution in [3.8, 4) is 0 Å². The second kappa shape index (κ2) is 5.65. The summed E-state index contributed by atoms with van der Waals surface area (Å²) in [4.78, 5) is 6.80. The maximum absolute atomic E-state index is 9.07. The van der Waals surface area contributed by atoms with Crippen LogP contribution in [-0.4, -0.2) is 40.7 Å². The molecule has 17 heavy (non-hydrogen) atoms. The van der Waals surface area contributed by atoms with Gasteiger partial charge < -0.3 is 14.4 Å². The molecule has 2 rings (SSSR count). The Morgan fingerprint density at radius 3 is 3.18 bits per heavy atom. The van der Waals surface area contributed by atoms with Gasteiger partial charge in [0, 0.05) is 18.4 Å². The molecule has 2 atom stereocenters. The van der Waals surface area contributed by atoms with Crippen molar-refractivity contribution in [3.63, 3.8) is 0 Å². The van der Waals surface area contributed by atoms with Crippen LogP contribution in [0.4, 0.5) is 0 Å². The number of likely N-dealkylation sites (tertiary alicyclic amines) is 1. The third kappa shape index (κ3) is 2.87. The Morgan fingerprint density at radius 2 is 2.47 bits per heavy atom. The third-order valence-electron chi connectivity index (χ3n) is 3.65. The molecular weight excluding hydrogens is 216 g/mol. The first-order valence-electron chi connectivity index (χ1n) is 6.54. The largest absolute Gasteiger partial charge is 0.445 e. The van der Waals surface area contributed by atoms with E-state index in [0.29, 0.717) is 6.04 Å². The fraction of sp³-hybridized carbons (Fsp3) is 0.769. The molecule has 0 bridgehead atoms. The number of oxazole rings is 1. The molecule has 2 unspecified atom stereocenters. The maximum Gasteiger partial charge on any atom is 0.195 e. The van der Waals surface area contributed by atoms with Gasteiger partial charge in [0.05, 0.1) is 12.8 Å². The molecule has 2 heterocycles. The first kappa shape index (κ1) is 12.6. The van der Waals surface area contributed by atoms with Gasteiger partial charge in [-0.15, -0.1) is 0 Å². The molecule has 1 aliphatic heterocycles. The minimum atomic E-state index is 0.0436. The highest BCUT2D eigenvalue weighted by molar-refractivity contribution is 5.02. The van der Waals surface area contributed by atoms with Gasteiger partial charge >= 0.3 is 0 Å². The number of aliphatic hydroxyl groups excluding tert-OH is 1. The summed E-state index contributed by atoms with van der Waals surface area (Å²) in [6.45, 7) is 6.55. The molecule has 4 nitrogen and oxygen atoms in total. The molecule has 96 valence electrons. The van der Waals surface area contributed by atoms with Gasteiger partial charge in [0.15, 0.2) is 5.89 Å². The summed E-state index contributed by atoms with van der Waals surface area (Å²) in [7, 11) is 0. The van der Waals surface area contributed by atoms with Crippen LogP contribution in [0.1, 0.15) is 44.3 Å². The van der Waals surface area contributed by atoms with E-state index in [1.54, 1.807) is 6.20 Å². The molecule has 0 amide bonds. The molecule has 4 heteroatoms. The van der Waals surface area contributed by atoms with E-state index in [4.69, 9.17) is 9.52 Å². The van der Waals surface area contributed by atoms with Crippen molar-refractivity contribution in [2.45, 2.75) is 45.1 Å². The minimum absolute atomic E-state index is 0.0436. The van der Waals surface area contributed by atoms with Crippen LogP contribution in [0.25, 0.3) is 0 Å². The van der Waals surface area contributed by atoms with Crippen LogP contribution in [0.3, 0.4) is 0 Å². The zero-order valence-corrected chi connectivity index (χ0v) is 10.7. The molecule has 1 N–H and O–H groups in total. The van der Waals surface area contributed by atoms with Crippen LogP contribution >= 0.6 is 0 Å². The minimum Gasteiger partial charge on any atom is -0.445 e. The molecule has 1 fully saturated rings. The molecule has 1 saturated heterocycles. The van der Waals surface area contributed by atoms with Crippen molar-refractivity contribution in [2.75, 3.05) is 19.7 Å². The smallest absolute Gasteiger partial charge is 0.195 e. The van der Waals surface area contributed by atoms with Gasteiger partial charge in [-0.05, 0) is 25.9 Å². The number of nitrogens with zero attached hydrogens (tertiary/aromatic N) is 2. The Hall–Kier alpha value is -0.870. The lowest BCUT2D eigenvalue weighted by atomic mass is 10.1. The highest BCUT2D eigenvalue weighted by Crippen LogP contribution is 2.22. The Labute approximate surface area is 103 Å². The first-order valence-corrected chi connectivity index (χ1v) is 6.54. The number of likely N-dealkylation sites (N-methyl/N-ethyl adjacent to an activating group) is 1. The van der Waals surface area contributed by atoms with Crippen LogP contribution in [0.2, 0.25) is 0 Å². The normalized spacial score (nSPS) is 23.1. The van der Waals surface area contributed by atoms with Crippen molar-refractivity contribution < 1.29 is 9.52 Å². The van der Waals surface area contributed by atoms with Crippen molar-refractivity contribution in [1.29, 1.82) is 0 Å². The van der Waals surface area contributed by atoms with Crippen LogP contribution in [0.15, 0.2) is 10.6 Å². The number of hydrogen-bond donors (Lipinski definition) is 1. The summed E-state index contributed by atoms with van der Waals surface area (Å²) in [6.07, 6.45) is 5.16. The molecular formula is C13H22N2O2. The van der Waals surface area contributed by atoms with Gasteiger partial charge in [0.2, 0.25) is 0 Å². The van der Waals surface area contributed by atoms with E-state index in [1.165, 1.54) is 19.4 Å². The lowest BCUT2D eigenvalue weighted by Crippen LogP contribution is -2.30. The van der Waals surface area contributed by atoms with E-state index in [2.05, 4.69) is 16.8 Å². The second-order valence-electron chi connectivity index (χ2n) is 4.87. The fourth-order valence-corrected chi connectivity index (χ4v) is 2.48. The summed E-state index contributed by atoms with van der Waals surface area (Å²) in [5.74, 6) is 1.65. The monoisotopic (exact) mass is 238 g/mol. The highest BCUT2D eigenvalue weighted by atomic mass is 16.4. The van der Waals surface area contributed by atoms with Crippen LogP contribution in [-0.2, 0) is 6.42 Å². The summed E-state index contributed by atoms with van der Waals surface area (Å²) in [5.41, 5.74) is 0. The van der Waals surface area contributed by atoms with E-state index >= 15 is 0 Å².